The third-order valence-corrected chi connectivity index (χ3v) is 2.69. The number of azide groups is 1. The molecule has 1 N–H and O–H groups in total. The van der Waals surface area contributed by atoms with Gasteiger partial charge in [-0.1, -0.05) is 5.16 Å². The van der Waals surface area contributed by atoms with Crippen LogP contribution < -0.4 is 0 Å². The highest BCUT2D eigenvalue weighted by Crippen LogP contribution is 2.27. The van der Waals surface area contributed by atoms with Gasteiger partial charge in [0.05, 0.1) is 18.7 Å². The Kier molecular flexibility index (Phi) is 2.71. The molecule has 1 aliphatic heterocycles. The van der Waals surface area contributed by atoms with Gasteiger partial charge in [-0.15, -0.1) is 0 Å². The van der Waals surface area contributed by atoms with E-state index in [0.717, 1.165) is 0 Å². The van der Waals surface area contributed by atoms with Crippen LogP contribution in [0.2, 0.25) is 0 Å². The van der Waals surface area contributed by atoms with Crippen molar-refractivity contribution in [1.29, 1.82) is 0 Å². The van der Waals surface area contributed by atoms with E-state index in [1.54, 1.807) is 4.57 Å². The molecule has 10 nitrogen and oxygen atoms in total. The summed E-state index contributed by atoms with van der Waals surface area (Å²) in [6.45, 7) is -0.151. The Morgan fingerprint density at radius 3 is 3.16 bits per heavy atom. The van der Waals surface area contributed by atoms with Gasteiger partial charge in [0.1, 0.15) is 18.2 Å². The lowest BCUT2D eigenvalue weighted by atomic mass is 10.2. The van der Waals surface area contributed by atoms with Gasteiger partial charge in [0.25, 0.3) is 0 Å². The molecule has 0 aliphatic carbocycles. The average Bonchev–Trinajstić information content (AvgIpc) is 3.05. The Morgan fingerprint density at radius 1 is 1.53 bits per heavy atom. The van der Waals surface area contributed by atoms with E-state index in [-0.39, 0.29) is 12.4 Å². The van der Waals surface area contributed by atoms with E-state index >= 15 is 0 Å². The van der Waals surface area contributed by atoms with E-state index in [0.29, 0.717) is 23.3 Å². The Morgan fingerprint density at radius 2 is 2.42 bits per heavy atom. The minimum Gasteiger partial charge on any atom is -0.390 e. The topological polar surface area (TPSA) is 134 Å². The van der Waals surface area contributed by atoms with E-state index in [2.05, 4.69) is 30.1 Å². The zero-order chi connectivity index (χ0) is 13.2. The van der Waals surface area contributed by atoms with E-state index in [1.165, 1.54) is 12.7 Å². The van der Waals surface area contributed by atoms with Crippen molar-refractivity contribution in [2.75, 3.05) is 6.61 Å². The van der Waals surface area contributed by atoms with Gasteiger partial charge < -0.3 is 9.94 Å². The molecular formula is C9H8N8O2. The highest BCUT2D eigenvalue weighted by molar-refractivity contribution is 5.86. The predicted molar refractivity (Wildman–Crippen MR) is 63.4 cm³/mol. The number of nitrogens with zero attached hydrogens (tertiary/aromatic N) is 8. The summed E-state index contributed by atoms with van der Waals surface area (Å²) >= 11 is 0. The van der Waals surface area contributed by atoms with Gasteiger partial charge in [0.2, 0.25) is 6.23 Å². The van der Waals surface area contributed by atoms with E-state index in [9.17, 15) is 0 Å². The molecule has 0 amide bonds. The molecule has 1 unspecified atom stereocenters. The summed E-state index contributed by atoms with van der Waals surface area (Å²) in [6, 6.07) is 0. The SMILES string of the molecule is [N-]=[N+]=Nc1ncnc2c1ncn2C1CC(CO)=NO1. The van der Waals surface area contributed by atoms with Crippen LogP contribution in [-0.2, 0) is 4.84 Å². The lowest BCUT2D eigenvalue weighted by molar-refractivity contribution is 0.0348. The van der Waals surface area contributed by atoms with Crippen LogP contribution in [-0.4, -0.2) is 36.9 Å². The van der Waals surface area contributed by atoms with E-state index in [1.807, 2.05) is 0 Å². The van der Waals surface area contributed by atoms with Crippen molar-refractivity contribution in [3.8, 4) is 0 Å². The molecule has 0 saturated carbocycles. The van der Waals surface area contributed by atoms with Crippen LogP contribution in [0.25, 0.3) is 21.6 Å². The molecule has 2 aromatic heterocycles. The lowest BCUT2D eigenvalue weighted by Gasteiger charge is -2.09. The fourth-order valence-corrected chi connectivity index (χ4v) is 1.82. The number of hydrogen-bond donors (Lipinski definition) is 1. The predicted octanol–water partition coefficient (Wildman–Crippen LogP) is 1.04. The minimum absolute atomic E-state index is 0.151. The molecule has 96 valence electrons. The monoisotopic (exact) mass is 260 g/mol. The Balaban J connectivity index is 2.03. The molecule has 0 radical (unpaired) electrons. The molecule has 10 heteroatoms. The molecule has 0 saturated heterocycles. The highest BCUT2D eigenvalue weighted by Gasteiger charge is 2.24. The lowest BCUT2D eigenvalue weighted by Crippen LogP contribution is -2.10. The summed E-state index contributed by atoms with van der Waals surface area (Å²) in [5, 5.41) is 16.2. The second kappa shape index (κ2) is 4.52. The van der Waals surface area contributed by atoms with Crippen molar-refractivity contribution in [3.05, 3.63) is 23.1 Å². The molecular weight excluding hydrogens is 252 g/mol. The molecule has 0 aromatic carbocycles. The maximum Gasteiger partial charge on any atom is 0.211 e. The molecule has 1 atom stereocenters. The Hall–Kier alpha value is -2.71. The molecule has 1 aliphatic rings. The van der Waals surface area contributed by atoms with Crippen LogP contribution in [0, 0.1) is 0 Å². The van der Waals surface area contributed by atoms with Gasteiger partial charge in [-0.2, -0.15) is 0 Å². The molecule has 3 heterocycles. The molecule has 2 aromatic rings. The van der Waals surface area contributed by atoms with Gasteiger partial charge >= 0.3 is 0 Å². The molecule has 19 heavy (non-hydrogen) atoms. The summed E-state index contributed by atoms with van der Waals surface area (Å²) in [6.07, 6.45) is 2.83. The van der Waals surface area contributed by atoms with Gasteiger partial charge in [-0.25, -0.2) is 15.0 Å². The fraction of sp³-hybridized carbons (Fsp3) is 0.333. The third kappa shape index (κ3) is 1.84. The maximum absolute atomic E-state index is 8.99. The molecule has 0 spiro atoms. The normalized spacial score (nSPS) is 17.9. The highest BCUT2D eigenvalue weighted by atomic mass is 16.7. The molecule has 3 rings (SSSR count). The van der Waals surface area contributed by atoms with Crippen LogP contribution in [0.5, 0.6) is 0 Å². The number of aromatic nitrogens is 4. The van der Waals surface area contributed by atoms with Gasteiger partial charge in [0.15, 0.2) is 11.5 Å². The van der Waals surface area contributed by atoms with Crippen molar-refractivity contribution in [3.63, 3.8) is 0 Å². The zero-order valence-corrected chi connectivity index (χ0v) is 9.58. The first-order chi connectivity index (χ1) is 9.33. The van der Waals surface area contributed by atoms with Gasteiger partial charge in [0, 0.05) is 4.91 Å². The second-order valence-corrected chi connectivity index (χ2v) is 3.79. The first kappa shape index (κ1) is 11.4. The first-order valence-corrected chi connectivity index (χ1v) is 5.38. The molecule has 0 bridgehead atoms. The fourth-order valence-electron chi connectivity index (χ4n) is 1.82. The summed E-state index contributed by atoms with van der Waals surface area (Å²) in [5.74, 6) is 0.160. The van der Waals surface area contributed by atoms with Gasteiger partial charge in [-0.3, -0.25) is 4.57 Å². The van der Waals surface area contributed by atoms with Crippen LogP contribution >= 0.6 is 0 Å². The Bertz CT molecular complexity index is 701. The largest absolute Gasteiger partial charge is 0.390 e. The second-order valence-electron chi connectivity index (χ2n) is 3.79. The van der Waals surface area contributed by atoms with Crippen molar-refractivity contribution in [2.45, 2.75) is 12.6 Å². The van der Waals surface area contributed by atoms with Crippen molar-refractivity contribution in [2.24, 2.45) is 10.3 Å². The number of oxime groups is 1. The summed E-state index contributed by atoms with van der Waals surface area (Å²) < 4.78 is 1.65. The Labute approximate surface area is 106 Å². The number of aliphatic hydroxyl groups excluding tert-OH is 1. The summed E-state index contributed by atoms with van der Waals surface area (Å²) in [7, 11) is 0. The summed E-state index contributed by atoms with van der Waals surface area (Å²) in [4.78, 5) is 19.9. The number of aliphatic hydroxyl groups is 1. The average molecular weight is 260 g/mol. The zero-order valence-electron chi connectivity index (χ0n) is 9.58. The quantitative estimate of drug-likeness (QED) is 0.499. The first-order valence-electron chi connectivity index (χ1n) is 5.38. The van der Waals surface area contributed by atoms with Crippen LogP contribution in [0.3, 0.4) is 0 Å². The van der Waals surface area contributed by atoms with Gasteiger partial charge in [-0.05, 0) is 10.6 Å². The van der Waals surface area contributed by atoms with Crippen molar-refractivity contribution >= 4 is 22.7 Å². The summed E-state index contributed by atoms with van der Waals surface area (Å²) in [5.41, 5.74) is 9.88. The van der Waals surface area contributed by atoms with Crippen molar-refractivity contribution < 1.29 is 9.94 Å². The van der Waals surface area contributed by atoms with E-state index < -0.39 is 6.23 Å². The van der Waals surface area contributed by atoms with Crippen molar-refractivity contribution in [1.82, 2.24) is 19.5 Å². The van der Waals surface area contributed by atoms with E-state index in [4.69, 9.17) is 15.5 Å². The smallest absolute Gasteiger partial charge is 0.211 e. The third-order valence-electron chi connectivity index (χ3n) is 2.69. The van der Waals surface area contributed by atoms with Crippen LogP contribution in [0.15, 0.2) is 22.9 Å². The number of rotatable bonds is 3. The maximum atomic E-state index is 8.99. The minimum atomic E-state index is -0.416. The number of imidazole rings is 1. The van der Waals surface area contributed by atoms with Crippen LogP contribution in [0.4, 0.5) is 5.82 Å². The standard InChI is InChI=1S/C9H8N8O2/c10-16-14-8-7-9(12-3-11-8)17(4-13-7)6-1-5(2-18)15-19-6/h3-4,6,18H,1-2H2. The number of fused-ring (bicyclic) bond motifs is 1. The number of hydrogen-bond acceptors (Lipinski definition) is 7. The molecule has 0 fully saturated rings. The van der Waals surface area contributed by atoms with Crippen LogP contribution in [0.1, 0.15) is 12.6 Å².